The minimum absolute atomic E-state index is 0.187. The molecule has 0 bridgehead atoms. The molecule has 1 aromatic carbocycles. The monoisotopic (exact) mass is 360 g/mol. The molecule has 1 saturated heterocycles. The molecular formula is C19H29FN6. The maximum atomic E-state index is 13.2. The summed E-state index contributed by atoms with van der Waals surface area (Å²) >= 11 is 0. The number of benzene rings is 1. The van der Waals surface area contributed by atoms with E-state index in [9.17, 15) is 4.39 Å². The summed E-state index contributed by atoms with van der Waals surface area (Å²) in [7, 11) is 0. The second kappa shape index (κ2) is 8.58. The largest absolute Gasteiger partial charge is 0.369 e. The Morgan fingerprint density at radius 2 is 1.77 bits per heavy atom. The molecule has 142 valence electrons. The fourth-order valence-corrected chi connectivity index (χ4v) is 3.60. The minimum Gasteiger partial charge on any atom is -0.369 e. The quantitative estimate of drug-likeness (QED) is 0.757. The van der Waals surface area contributed by atoms with Gasteiger partial charge in [0.1, 0.15) is 5.82 Å². The summed E-state index contributed by atoms with van der Waals surface area (Å²) < 4.78 is 15.1. The SMILES string of the molecule is CCCC[C@H](c1nnnn1C(C)C)N1CCN(c2ccc(F)cc2)CC1. The van der Waals surface area contributed by atoms with Gasteiger partial charge in [-0.25, -0.2) is 9.07 Å². The number of anilines is 1. The zero-order valence-corrected chi connectivity index (χ0v) is 16.0. The zero-order chi connectivity index (χ0) is 18.5. The van der Waals surface area contributed by atoms with E-state index in [1.165, 1.54) is 12.1 Å². The van der Waals surface area contributed by atoms with Gasteiger partial charge in [0.2, 0.25) is 0 Å². The second-order valence-electron chi connectivity index (χ2n) is 7.23. The summed E-state index contributed by atoms with van der Waals surface area (Å²) in [6, 6.07) is 7.29. The lowest BCUT2D eigenvalue weighted by Gasteiger charge is -2.40. The van der Waals surface area contributed by atoms with Gasteiger partial charge in [0, 0.05) is 31.9 Å². The van der Waals surface area contributed by atoms with Gasteiger partial charge >= 0.3 is 0 Å². The van der Waals surface area contributed by atoms with Crippen LogP contribution in [-0.2, 0) is 0 Å². The minimum atomic E-state index is -0.187. The summed E-state index contributed by atoms with van der Waals surface area (Å²) in [6.07, 6.45) is 3.39. The van der Waals surface area contributed by atoms with Crippen LogP contribution in [0.15, 0.2) is 24.3 Å². The maximum Gasteiger partial charge on any atom is 0.168 e. The van der Waals surface area contributed by atoms with Gasteiger partial charge in [-0.1, -0.05) is 19.8 Å². The Morgan fingerprint density at radius 3 is 2.38 bits per heavy atom. The van der Waals surface area contributed by atoms with Crippen molar-refractivity contribution < 1.29 is 4.39 Å². The summed E-state index contributed by atoms with van der Waals surface area (Å²) in [5.74, 6) is 0.788. The van der Waals surface area contributed by atoms with Crippen molar-refractivity contribution in [3.63, 3.8) is 0 Å². The number of piperazine rings is 1. The zero-order valence-electron chi connectivity index (χ0n) is 16.0. The number of aromatic nitrogens is 4. The molecule has 0 unspecified atom stereocenters. The molecule has 3 rings (SSSR count). The highest BCUT2D eigenvalue weighted by molar-refractivity contribution is 5.46. The van der Waals surface area contributed by atoms with Crippen LogP contribution in [0.1, 0.15) is 57.9 Å². The van der Waals surface area contributed by atoms with Crippen molar-refractivity contribution in [2.45, 2.75) is 52.1 Å². The third-order valence-electron chi connectivity index (χ3n) is 5.08. The van der Waals surface area contributed by atoms with Crippen molar-refractivity contribution in [3.8, 4) is 0 Å². The number of hydrogen-bond acceptors (Lipinski definition) is 5. The number of unbranched alkanes of at least 4 members (excludes halogenated alkanes) is 1. The number of nitrogens with zero attached hydrogens (tertiary/aromatic N) is 6. The van der Waals surface area contributed by atoms with Crippen molar-refractivity contribution >= 4 is 5.69 Å². The molecule has 2 aromatic rings. The highest BCUT2D eigenvalue weighted by Gasteiger charge is 2.29. The molecule has 0 spiro atoms. The van der Waals surface area contributed by atoms with Gasteiger partial charge in [0.25, 0.3) is 0 Å². The Kier molecular flexibility index (Phi) is 6.19. The first-order valence-electron chi connectivity index (χ1n) is 9.62. The van der Waals surface area contributed by atoms with Crippen molar-refractivity contribution in [2.24, 2.45) is 0 Å². The third-order valence-corrected chi connectivity index (χ3v) is 5.08. The van der Waals surface area contributed by atoms with Crippen LogP contribution in [0.3, 0.4) is 0 Å². The number of halogens is 1. The van der Waals surface area contributed by atoms with Gasteiger partial charge in [0.05, 0.1) is 12.1 Å². The number of hydrogen-bond donors (Lipinski definition) is 0. The molecule has 2 heterocycles. The second-order valence-corrected chi connectivity index (χ2v) is 7.23. The summed E-state index contributed by atoms with van der Waals surface area (Å²) in [6.45, 7) is 10.2. The van der Waals surface area contributed by atoms with E-state index in [-0.39, 0.29) is 17.9 Å². The van der Waals surface area contributed by atoms with E-state index in [2.05, 4.69) is 46.1 Å². The van der Waals surface area contributed by atoms with Gasteiger partial charge < -0.3 is 4.90 Å². The molecular weight excluding hydrogens is 331 g/mol. The smallest absolute Gasteiger partial charge is 0.168 e. The Hall–Kier alpha value is -2.02. The lowest BCUT2D eigenvalue weighted by molar-refractivity contribution is 0.161. The van der Waals surface area contributed by atoms with Crippen LogP contribution in [-0.4, -0.2) is 51.3 Å². The molecule has 1 fully saturated rings. The molecule has 6 nitrogen and oxygen atoms in total. The molecule has 0 N–H and O–H groups in total. The lowest BCUT2D eigenvalue weighted by atomic mass is 10.1. The van der Waals surface area contributed by atoms with Crippen LogP contribution in [0, 0.1) is 5.82 Å². The van der Waals surface area contributed by atoms with Crippen LogP contribution in [0.2, 0.25) is 0 Å². The fourth-order valence-electron chi connectivity index (χ4n) is 3.60. The van der Waals surface area contributed by atoms with Gasteiger partial charge in [-0.3, -0.25) is 4.90 Å². The van der Waals surface area contributed by atoms with Gasteiger partial charge in [0.15, 0.2) is 5.82 Å². The Morgan fingerprint density at radius 1 is 1.08 bits per heavy atom. The molecule has 7 heteroatoms. The van der Waals surface area contributed by atoms with E-state index in [1.54, 1.807) is 0 Å². The van der Waals surface area contributed by atoms with E-state index in [4.69, 9.17) is 0 Å². The van der Waals surface area contributed by atoms with E-state index < -0.39 is 0 Å². The Balaban J connectivity index is 1.71. The standard InChI is InChI=1S/C19H29FN6/c1-4-5-6-18(19-21-22-23-26(19)15(2)3)25-13-11-24(12-14-25)17-9-7-16(20)8-10-17/h7-10,15,18H,4-6,11-14H2,1-3H3/t18-/m1/s1. The van der Waals surface area contributed by atoms with Crippen LogP contribution >= 0.6 is 0 Å². The molecule has 1 aliphatic heterocycles. The lowest BCUT2D eigenvalue weighted by Crippen LogP contribution is -2.48. The highest BCUT2D eigenvalue weighted by Crippen LogP contribution is 2.28. The fraction of sp³-hybridized carbons (Fsp3) is 0.632. The molecule has 0 aliphatic carbocycles. The summed E-state index contributed by atoms with van der Waals surface area (Å²) in [5.41, 5.74) is 1.09. The highest BCUT2D eigenvalue weighted by atomic mass is 19.1. The average molecular weight is 360 g/mol. The van der Waals surface area contributed by atoms with Crippen molar-refractivity contribution in [3.05, 3.63) is 35.9 Å². The predicted octanol–water partition coefficient (Wildman–Crippen LogP) is 3.45. The van der Waals surface area contributed by atoms with Crippen molar-refractivity contribution in [1.82, 2.24) is 25.1 Å². The Bertz CT molecular complexity index is 676. The summed E-state index contributed by atoms with van der Waals surface area (Å²) in [5, 5.41) is 12.5. The van der Waals surface area contributed by atoms with Crippen LogP contribution < -0.4 is 4.90 Å². The van der Waals surface area contributed by atoms with Crippen molar-refractivity contribution in [1.29, 1.82) is 0 Å². The first-order chi connectivity index (χ1) is 12.6. The molecule has 0 radical (unpaired) electrons. The molecule has 26 heavy (non-hydrogen) atoms. The predicted molar refractivity (Wildman–Crippen MR) is 101 cm³/mol. The number of tetrazole rings is 1. The van der Waals surface area contributed by atoms with Crippen LogP contribution in [0.25, 0.3) is 0 Å². The first-order valence-corrected chi connectivity index (χ1v) is 9.62. The molecule has 0 saturated carbocycles. The Labute approximate surface area is 155 Å². The van der Waals surface area contributed by atoms with Gasteiger partial charge in [-0.15, -0.1) is 5.10 Å². The van der Waals surface area contributed by atoms with Gasteiger partial charge in [-0.05, 0) is 55.0 Å². The molecule has 1 aromatic heterocycles. The first kappa shape index (κ1) is 18.8. The summed E-state index contributed by atoms with van der Waals surface area (Å²) in [4.78, 5) is 4.82. The van der Waals surface area contributed by atoms with Gasteiger partial charge in [-0.2, -0.15) is 0 Å². The van der Waals surface area contributed by atoms with Crippen LogP contribution in [0.5, 0.6) is 0 Å². The third kappa shape index (κ3) is 4.20. The molecule has 1 aliphatic rings. The van der Waals surface area contributed by atoms with Crippen molar-refractivity contribution in [2.75, 3.05) is 31.1 Å². The molecule has 1 atom stereocenters. The van der Waals surface area contributed by atoms with Crippen LogP contribution in [0.4, 0.5) is 10.1 Å². The normalized spacial score (nSPS) is 17.0. The van der Waals surface area contributed by atoms with E-state index in [0.29, 0.717) is 0 Å². The number of rotatable bonds is 7. The molecule has 0 amide bonds. The van der Waals surface area contributed by atoms with E-state index >= 15 is 0 Å². The maximum absolute atomic E-state index is 13.2. The topological polar surface area (TPSA) is 50.1 Å². The van der Waals surface area contributed by atoms with E-state index in [0.717, 1.165) is 57.0 Å². The average Bonchev–Trinajstić information content (AvgIpc) is 3.13. The van der Waals surface area contributed by atoms with E-state index in [1.807, 2.05) is 16.8 Å².